The summed E-state index contributed by atoms with van der Waals surface area (Å²) in [7, 11) is 0. The van der Waals surface area contributed by atoms with E-state index in [1.165, 1.54) is 5.56 Å². The van der Waals surface area contributed by atoms with Crippen molar-refractivity contribution in [3.8, 4) is 0 Å². The van der Waals surface area contributed by atoms with Crippen molar-refractivity contribution in [2.45, 2.75) is 13.5 Å². The Bertz CT molecular complexity index is 558. The van der Waals surface area contributed by atoms with Gasteiger partial charge in [-0.05, 0) is 30.7 Å². The number of rotatable bonds is 3. The molecule has 0 aliphatic heterocycles. The molecule has 1 heterocycles. The van der Waals surface area contributed by atoms with Crippen LogP contribution < -0.4 is 22.3 Å². The molecule has 0 spiro atoms. The highest BCUT2D eigenvalue weighted by Crippen LogP contribution is 2.15. The summed E-state index contributed by atoms with van der Waals surface area (Å²) in [4.78, 5) is 11.8. The summed E-state index contributed by atoms with van der Waals surface area (Å²) in [5.41, 5.74) is 1.97. The number of nitrogens with zero attached hydrogens (tertiary/aromatic N) is 1. The van der Waals surface area contributed by atoms with E-state index in [4.69, 9.17) is 0 Å². The summed E-state index contributed by atoms with van der Waals surface area (Å²) >= 11 is 3.37. The molecule has 0 radical (unpaired) electrons. The SMILES string of the molecule is Cc1cc[n+](CC(=O)Nc2cccc(Br)c2)cc1.[Cl-]. The number of anilines is 1. The fourth-order valence-corrected chi connectivity index (χ4v) is 1.97. The molecule has 2 aromatic rings. The molecular formula is C14H14BrClN2O. The van der Waals surface area contributed by atoms with E-state index in [0.717, 1.165) is 10.2 Å². The van der Waals surface area contributed by atoms with Crippen molar-refractivity contribution in [3.63, 3.8) is 0 Å². The van der Waals surface area contributed by atoms with Gasteiger partial charge in [0.1, 0.15) is 0 Å². The van der Waals surface area contributed by atoms with Gasteiger partial charge < -0.3 is 17.7 Å². The van der Waals surface area contributed by atoms with E-state index in [-0.39, 0.29) is 18.3 Å². The number of carbonyl (C=O) groups is 1. The topological polar surface area (TPSA) is 33.0 Å². The van der Waals surface area contributed by atoms with Crippen molar-refractivity contribution >= 4 is 27.5 Å². The Kier molecular flexibility index (Phi) is 5.99. The van der Waals surface area contributed by atoms with Gasteiger partial charge in [0.15, 0.2) is 12.4 Å². The van der Waals surface area contributed by atoms with Gasteiger partial charge >= 0.3 is 0 Å². The molecule has 1 aromatic carbocycles. The maximum Gasteiger partial charge on any atom is 0.290 e. The lowest BCUT2D eigenvalue weighted by Crippen LogP contribution is -3.00. The van der Waals surface area contributed by atoms with E-state index < -0.39 is 0 Å². The van der Waals surface area contributed by atoms with E-state index in [1.807, 2.05) is 60.3 Å². The van der Waals surface area contributed by atoms with Crippen LogP contribution in [0, 0.1) is 6.92 Å². The predicted octanol–water partition coefficient (Wildman–Crippen LogP) is -0.312. The van der Waals surface area contributed by atoms with E-state index in [1.54, 1.807) is 0 Å². The lowest BCUT2D eigenvalue weighted by Gasteiger charge is -2.03. The van der Waals surface area contributed by atoms with Gasteiger partial charge in [0.25, 0.3) is 5.91 Å². The molecule has 5 heteroatoms. The van der Waals surface area contributed by atoms with Gasteiger partial charge in [0, 0.05) is 22.3 Å². The first-order valence-corrected chi connectivity index (χ1v) is 6.44. The smallest absolute Gasteiger partial charge is 0.290 e. The van der Waals surface area contributed by atoms with Crippen LogP contribution in [0.2, 0.25) is 0 Å². The molecule has 0 saturated heterocycles. The Morgan fingerprint density at radius 3 is 2.58 bits per heavy atom. The van der Waals surface area contributed by atoms with Gasteiger partial charge in [0.05, 0.1) is 0 Å². The fourth-order valence-electron chi connectivity index (χ4n) is 1.57. The number of aromatic nitrogens is 1. The number of amides is 1. The number of benzene rings is 1. The van der Waals surface area contributed by atoms with Crippen molar-refractivity contribution in [1.82, 2.24) is 0 Å². The minimum Gasteiger partial charge on any atom is -1.00 e. The van der Waals surface area contributed by atoms with Crippen molar-refractivity contribution in [2.24, 2.45) is 0 Å². The van der Waals surface area contributed by atoms with Crippen molar-refractivity contribution < 1.29 is 21.8 Å². The van der Waals surface area contributed by atoms with Crippen LogP contribution in [-0.2, 0) is 11.3 Å². The maximum atomic E-state index is 11.8. The minimum atomic E-state index is -0.0399. The third-order valence-corrected chi connectivity index (χ3v) is 2.99. The van der Waals surface area contributed by atoms with Crippen molar-refractivity contribution in [2.75, 3.05) is 5.32 Å². The first kappa shape index (κ1) is 15.7. The summed E-state index contributed by atoms with van der Waals surface area (Å²) in [5, 5.41) is 2.86. The predicted molar refractivity (Wildman–Crippen MR) is 74.1 cm³/mol. The molecule has 0 aliphatic carbocycles. The first-order chi connectivity index (χ1) is 8.63. The van der Waals surface area contributed by atoms with Crippen LogP contribution in [-0.4, -0.2) is 5.91 Å². The Morgan fingerprint density at radius 1 is 1.26 bits per heavy atom. The highest BCUT2D eigenvalue weighted by molar-refractivity contribution is 9.10. The van der Waals surface area contributed by atoms with Gasteiger partial charge in [-0.1, -0.05) is 22.0 Å². The molecule has 0 fully saturated rings. The van der Waals surface area contributed by atoms with Crippen molar-refractivity contribution in [1.29, 1.82) is 0 Å². The van der Waals surface area contributed by atoms with Gasteiger partial charge in [-0.25, -0.2) is 0 Å². The molecule has 19 heavy (non-hydrogen) atoms. The maximum absolute atomic E-state index is 11.8. The standard InChI is InChI=1S/C14H13BrN2O.ClH/c1-11-5-7-17(8-6-11)10-14(18)16-13-4-2-3-12(15)9-13;/h2-9H,10H2,1H3;1H. The quantitative estimate of drug-likeness (QED) is 0.763. The van der Waals surface area contributed by atoms with Crippen LogP contribution in [0.3, 0.4) is 0 Å². The zero-order valence-corrected chi connectivity index (χ0v) is 12.8. The summed E-state index contributed by atoms with van der Waals surface area (Å²) in [6, 6.07) is 11.5. The van der Waals surface area contributed by atoms with Crippen LogP contribution in [0.4, 0.5) is 5.69 Å². The highest BCUT2D eigenvalue weighted by Gasteiger charge is 2.09. The second-order valence-corrected chi connectivity index (χ2v) is 5.02. The average Bonchev–Trinajstić information content (AvgIpc) is 2.32. The highest BCUT2D eigenvalue weighted by atomic mass is 79.9. The number of aryl methyl sites for hydroxylation is 1. The van der Waals surface area contributed by atoms with E-state index >= 15 is 0 Å². The number of halogens is 2. The van der Waals surface area contributed by atoms with Gasteiger partial charge in [-0.15, -0.1) is 0 Å². The zero-order valence-electron chi connectivity index (χ0n) is 10.4. The molecule has 2 rings (SSSR count). The largest absolute Gasteiger partial charge is 1.00 e. The molecule has 0 bridgehead atoms. The summed E-state index contributed by atoms with van der Waals surface area (Å²) in [6.45, 7) is 2.33. The molecule has 100 valence electrons. The van der Waals surface area contributed by atoms with Crippen LogP contribution >= 0.6 is 15.9 Å². The molecule has 0 saturated carbocycles. The molecular weight excluding hydrogens is 328 g/mol. The molecule has 0 aliphatic rings. The molecule has 0 unspecified atom stereocenters. The molecule has 1 amide bonds. The Morgan fingerprint density at radius 2 is 1.95 bits per heavy atom. The van der Waals surface area contributed by atoms with Gasteiger partial charge in [0.2, 0.25) is 6.54 Å². The fraction of sp³-hybridized carbons (Fsp3) is 0.143. The van der Waals surface area contributed by atoms with Gasteiger partial charge in [-0.2, -0.15) is 4.57 Å². The minimum absolute atomic E-state index is 0. The van der Waals surface area contributed by atoms with Crippen LogP contribution in [0.1, 0.15) is 5.56 Å². The molecule has 0 atom stereocenters. The Hall–Kier alpha value is -1.39. The normalized spacial score (nSPS) is 9.58. The number of hydrogen-bond donors (Lipinski definition) is 1. The summed E-state index contributed by atoms with van der Waals surface area (Å²) < 4.78 is 2.80. The second kappa shape index (κ2) is 7.26. The first-order valence-electron chi connectivity index (χ1n) is 5.64. The molecule has 3 nitrogen and oxygen atoms in total. The zero-order chi connectivity index (χ0) is 13.0. The van der Waals surface area contributed by atoms with E-state index in [2.05, 4.69) is 21.2 Å². The van der Waals surface area contributed by atoms with E-state index in [9.17, 15) is 4.79 Å². The molecule has 1 N–H and O–H groups in total. The monoisotopic (exact) mass is 340 g/mol. The Labute approximate surface area is 127 Å². The van der Waals surface area contributed by atoms with Crippen molar-refractivity contribution in [3.05, 3.63) is 58.8 Å². The third kappa shape index (κ3) is 5.01. The second-order valence-electron chi connectivity index (χ2n) is 4.11. The summed E-state index contributed by atoms with van der Waals surface area (Å²) in [5.74, 6) is -0.0399. The summed E-state index contributed by atoms with van der Waals surface area (Å²) in [6.07, 6.45) is 3.80. The number of hydrogen-bond acceptors (Lipinski definition) is 1. The van der Waals surface area contributed by atoms with Crippen LogP contribution in [0.25, 0.3) is 0 Å². The number of carbonyl (C=O) groups excluding carboxylic acids is 1. The van der Waals surface area contributed by atoms with Crippen LogP contribution in [0.5, 0.6) is 0 Å². The van der Waals surface area contributed by atoms with E-state index in [0.29, 0.717) is 6.54 Å². The Balaban J connectivity index is 0.00000180. The molecule has 1 aromatic heterocycles. The average molecular weight is 342 g/mol. The lowest BCUT2D eigenvalue weighted by molar-refractivity contribution is -0.684. The number of nitrogens with one attached hydrogen (secondary N) is 1. The third-order valence-electron chi connectivity index (χ3n) is 2.49. The lowest BCUT2D eigenvalue weighted by atomic mass is 10.3. The van der Waals surface area contributed by atoms with Crippen LogP contribution in [0.15, 0.2) is 53.3 Å². The number of pyridine rings is 1. The van der Waals surface area contributed by atoms with Gasteiger partial charge in [-0.3, -0.25) is 4.79 Å².